The number of halogens is 4. The highest BCUT2D eigenvalue weighted by Crippen LogP contribution is 2.32. The van der Waals surface area contributed by atoms with Crippen LogP contribution in [0, 0.1) is 0 Å². The molecule has 1 fully saturated rings. The Bertz CT molecular complexity index is 1130. The average molecular weight is 526 g/mol. The fraction of sp³-hybridized carbons (Fsp3) is 0.440. The van der Waals surface area contributed by atoms with Crippen LogP contribution in [-0.2, 0) is 6.54 Å². The van der Waals surface area contributed by atoms with E-state index in [2.05, 4.69) is 0 Å². The van der Waals surface area contributed by atoms with Crippen molar-refractivity contribution >= 4 is 29.2 Å². The van der Waals surface area contributed by atoms with Gasteiger partial charge in [0.25, 0.3) is 5.91 Å². The van der Waals surface area contributed by atoms with E-state index in [4.69, 9.17) is 16.3 Å². The largest absolute Gasteiger partial charge is 0.484 e. The monoisotopic (exact) mass is 525 g/mol. The van der Waals surface area contributed by atoms with E-state index in [-0.39, 0.29) is 54.1 Å². The summed E-state index contributed by atoms with van der Waals surface area (Å²) in [7, 11) is 0. The number of rotatable bonds is 4. The van der Waals surface area contributed by atoms with E-state index in [1.54, 1.807) is 21.9 Å². The molecule has 7 nitrogen and oxygen atoms in total. The number of carbonyl (C=O) groups is 2. The van der Waals surface area contributed by atoms with Crippen molar-refractivity contribution in [1.82, 2.24) is 9.80 Å². The highest BCUT2D eigenvalue weighted by Gasteiger charge is 2.37. The summed E-state index contributed by atoms with van der Waals surface area (Å²) >= 11 is 6.29. The predicted molar refractivity (Wildman–Crippen MR) is 128 cm³/mol. The first-order valence-corrected chi connectivity index (χ1v) is 12.0. The third-order valence-corrected chi connectivity index (χ3v) is 6.81. The highest BCUT2D eigenvalue weighted by molar-refractivity contribution is 6.34. The van der Waals surface area contributed by atoms with Gasteiger partial charge >= 0.3 is 12.2 Å². The number of para-hydroxylation sites is 1. The summed E-state index contributed by atoms with van der Waals surface area (Å²) in [6.45, 7) is 1.32. The minimum absolute atomic E-state index is 0.0372. The lowest BCUT2D eigenvalue weighted by atomic mass is 10.1. The molecule has 0 unspecified atom stereocenters. The Hall–Kier alpha value is -2.98. The lowest BCUT2D eigenvalue weighted by Gasteiger charge is -2.34. The van der Waals surface area contributed by atoms with Crippen LogP contribution in [0.1, 0.15) is 35.7 Å². The molecule has 2 heterocycles. The number of benzene rings is 2. The van der Waals surface area contributed by atoms with Gasteiger partial charge < -0.3 is 24.5 Å². The van der Waals surface area contributed by atoms with Crippen molar-refractivity contribution < 1.29 is 32.6 Å². The van der Waals surface area contributed by atoms with Crippen LogP contribution in [0.25, 0.3) is 0 Å². The molecule has 2 aromatic rings. The quantitative estimate of drug-likeness (QED) is 0.627. The maximum absolute atomic E-state index is 13.6. The van der Waals surface area contributed by atoms with Crippen molar-refractivity contribution in [2.75, 3.05) is 31.2 Å². The normalized spacial score (nSPS) is 20.2. The molecule has 4 rings (SSSR count). The number of ether oxygens (including phenoxy) is 1. The second-order valence-corrected chi connectivity index (χ2v) is 9.43. The Kier molecular flexibility index (Phi) is 7.65. The van der Waals surface area contributed by atoms with E-state index in [1.807, 2.05) is 19.1 Å². The number of fused-ring (bicyclic) bond motifs is 1. The van der Waals surface area contributed by atoms with Gasteiger partial charge in [0.1, 0.15) is 5.75 Å². The number of aliphatic hydroxyl groups excluding tert-OH is 1. The summed E-state index contributed by atoms with van der Waals surface area (Å²) < 4.78 is 42.2. The highest BCUT2D eigenvalue weighted by atomic mass is 35.5. The van der Waals surface area contributed by atoms with Crippen LogP contribution in [0.3, 0.4) is 0 Å². The van der Waals surface area contributed by atoms with Gasteiger partial charge in [0.2, 0.25) is 0 Å². The Labute approximate surface area is 212 Å². The number of hydrogen-bond donors (Lipinski definition) is 1. The molecule has 0 aliphatic carbocycles. The minimum atomic E-state index is -4.50. The lowest BCUT2D eigenvalue weighted by Crippen LogP contribution is -2.51. The van der Waals surface area contributed by atoms with Gasteiger partial charge in [-0.05, 0) is 49.6 Å². The summed E-state index contributed by atoms with van der Waals surface area (Å²) in [6.07, 6.45) is -2.93. The maximum Gasteiger partial charge on any atom is 0.422 e. The fourth-order valence-electron chi connectivity index (χ4n) is 4.67. The van der Waals surface area contributed by atoms with E-state index in [0.717, 1.165) is 18.4 Å². The molecule has 0 bridgehead atoms. The molecular formula is C25H27ClF3N3O4. The molecule has 3 amide bonds. The standard InChI is InChI=1S/C25H27ClF3N3O4/c1-16-12-32(23(34)20-9-8-19(11-21(20)26)36-15-25(27,28)29)22-7-3-2-5-17(22)13-31(16)24(35)30-10-4-6-18(30)14-33/h2-3,5,7-9,11,16,18,33H,4,6,10,12-15H2,1H3/t16-,18+/m1/s1. The SMILES string of the molecule is C[C@@H]1CN(C(=O)c2ccc(OCC(F)(F)F)cc2Cl)c2ccccc2CN1C(=O)N1CCC[C@H]1CO. The number of alkyl halides is 3. The van der Waals surface area contributed by atoms with Crippen molar-refractivity contribution in [1.29, 1.82) is 0 Å². The molecule has 0 spiro atoms. The molecular weight excluding hydrogens is 499 g/mol. The van der Waals surface area contributed by atoms with Crippen LogP contribution in [-0.4, -0.2) is 71.4 Å². The first-order chi connectivity index (χ1) is 17.1. The van der Waals surface area contributed by atoms with Crippen LogP contribution >= 0.6 is 11.6 Å². The van der Waals surface area contributed by atoms with Crippen molar-refractivity contribution in [3.05, 3.63) is 58.6 Å². The summed E-state index contributed by atoms with van der Waals surface area (Å²) in [4.78, 5) is 32.0. The number of aliphatic hydroxyl groups is 1. The Morgan fingerprint density at radius 3 is 2.61 bits per heavy atom. The molecule has 2 aliphatic rings. The molecule has 2 aromatic carbocycles. The third-order valence-electron chi connectivity index (χ3n) is 6.50. The van der Waals surface area contributed by atoms with Crippen LogP contribution in [0.2, 0.25) is 5.02 Å². The van der Waals surface area contributed by atoms with Crippen LogP contribution in [0.15, 0.2) is 42.5 Å². The van der Waals surface area contributed by atoms with Crippen molar-refractivity contribution in [3.63, 3.8) is 0 Å². The van der Waals surface area contributed by atoms with Crippen molar-refractivity contribution in [2.24, 2.45) is 0 Å². The molecule has 11 heteroatoms. The zero-order valence-corrected chi connectivity index (χ0v) is 20.4. The number of nitrogens with zero attached hydrogens (tertiary/aromatic N) is 3. The molecule has 36 heavy (non-hydrogen) atoms. The second kappa shape index (κ2) is 10.6. The van der Waals surface area contributed by atoms with Gasteiger partial charge in [-0.15, -0.1) is 0 Å². The molecule has 2 aliphatic heterocycles. The lowest BCUT2D eigenvalue weighted by molar-refractivity contribution is -0.153. The number of urea groups is 1. The number of carbonyl (C=O) groups excluding carboxylic acids is 2. The molecule has 0 aromatic heterocycles. The molecule has 1 N–H and O–H groups in total. The summed E-state index contributed by atoms with van der Waals surface area (Å²) in [5, 5.41) is 9.64. The van der Waals surface area contributed by atoms with E-state index < -0.39 is 18.7 Å². The van der Waals surface area contributed by atoms with Gasteiger partial charge in [0.05, 0.1) is 23.2 Å². The summed E-state index contributed by atoms with van der Waals surface area (Å²) in [5.74, 6) is -0.537. The summed E-state index contributed by atoms with van der Waals surface area (Å²) in [6, 6.07) is 10.3. The smallest absolute Gasteiger partial charge is 0.422 e. The Balaban J connectivity index is 1.60. The van der Waals surface area contributed by atoms with Crippen LogP contribution in [0.4, 0.5) is 23.7 Å². The number of amides is 3. The van der Waals surface area contributed by atoms with Crippen LogP contribution < -0.4 is 9.64 Å². The van der Waals surface area contributed by atoms with Gasteiger partial charge in [-0.25, -0.2) is 4.79 Å². The molecule has 2 atom stereocenters. The summed E-state index contributed by atoms with van der Waals surface area (Å²) in [5.41, 5.74) is 1.50. The number of likely N-dealkylation sites (tertiary alicyclic amines) is 1. The van der Waals surface area contributed by atoms with Gasteiger partial charge in [-0.1, -0.05) is 29.8 Å². The van der Waals surface area contributed by atoms with Crippen LogP contribution in [0.5, 0.6) is 5.75 Å². The average Bonchev–Trinajstić information content (AvgIpc) is 3.27. The van der Waals surface area contributed by atoms with Gasteiger partial charge in [0.15, 0.2) is 6.61 Å². The van der Waals surface area contributed by atoms with Gasteiger partial charge in [-0.2, -0.15) is 13.2 Å². The zero-order valence-electron chi connectivity index (χ0n) is 19.7. The van der Waals surface area contributed by atoms with Gasteiger partial charge in [-0.3, -0.25) is 4.79 Å². The number of anilines is 1. The van der Waals surface area contributed by atoms with E-state index >= 15 is 0 Å². The Morgan fingerprint density at radius 2 is 1.92 bits per heavy atom. The third kappa shape index (κ3) is 5.54. The van der Waals surface area contributed by atoms with E-state index in [0.29, 0.717) is 12.2 Å². The minimum Gasteiger partial charge on any atom is -0.484 e. The molecule has 0 radical (unpaired) electrons. The van der Waals surface area contributed by atoms with E-state index in [1.165, 1.54) is 23.1 Å². The first kappa shape index (κ1) is 26.1. The Morgan fingerprint density at radius 1 is 1.17 bits per heavy atom. The fourth-order valence-corrected chi connectivity index (χ4v) is 4.92. The zero-order chi connectivity index (χ0) is 26.0. The van der Waals surface area contributed by atoms with Gasteiger partial charge in [0, 0.05) is 31.4 Å². The molecule has 1 saturated heterocycles. The predicted octanol–water partition coefficient (Wildman–Crippen LogP) is 4.71. The molecule has 0 saturated carbocycles. The topological polar surface area (TPSA) is 73.3 Å². The number of hydrogen-bond acceptors (Lipinski definition) is 4. The van der Waals surface area contributed by atoms with Crippen molar-refractivity contribution in [3.8, 4) is 5.75 Å². The van der Waals surface area contributed by atoms with E-state index in [9.17, 15) is 27.9 Å². The molecule has 194 valence electrons. The second-order valence-electron chi connectivity index (χ2n) is 9.02. The maximum atomic E-state index is 13.6. The first-order valence-electron chi connectivity index (χ1n) is 11.7. The van der Waals surface area contributed by atoms with Crippen molar-refractivity contribution in [2.45, 2.75) is 44.6 Å².